The lowest BCUT2D eigenvalue weighted by Crippen LogP contribution is -2.37. The number of rotatable bonds is 8. The quantitative estimate of drug-likeness (QED) is 0.575. The van der Waals surface area contributed by atoms with Gasteiger partial charge in [-0.05, 0) is 42.6 Å². The maximum absolute atomic E-state index is 11.2. The molecule has 0 aliphatic carbocycles. The van der Waals surface area contributed by atoms with E-state index in [1.54, 1.807) is 18.4 Å². The van der Waals surface area contributed by atoms with Crippen molar-refractivity contribution in [2.24, 2.45) is 0 Å². The van der Waals surface area contributed by atoms with Crippen LogP contribution in [0.5, 0.6) is 0 Å². The fourth-order valence-electron chi connectivity index (χ4n) is 2.93. The summed E-state index contributed by atoms with van der Waals surface area (Å²) in [5, 5.41) is 26.9. The molecule has 0 aliphatic rings. The Morgan fingerprint density at radius 3 is 2.56 bits per heavy atom. The highest BCUT2D eigenvalue weighted by molar-refractivity contribution is 7.10. The third-order valence-corrected chi connectivity index (χ3v) is 5.45. The molecule has 3 unspecified atom stereocenters. The summed E-state index contributed by atoms with van der Waals surface area (Å²) < 4.78 is 5.48. The highest BCUT2D eigenvalue weighted by Gasteiger charge is 2.35. The number of aliphatic hydroxyl groups excluding tert-OH is 1. The fourth-order valence-corrected chi connectivity index (χ4v) is 3.79. The molecule has 0 fully saturated rings. The van der Waals surface area contributed by atoms with Crippen LogP contribution in [0.2, 0.25) is 0 Å². The van der Waals surface area contributed by atoms with Gasteiger partial charge in [0.05, 0.1) is 12.4 Å². The third kappa shape index (κ3) is 4.02. The van der Waals surface area contributed by atoms with E-state index in [-0.39, 0.29) is 6.04 Å². The van der Waals surface area contributed by atoms with Crippen molar-refractivity contribution in [2.75, 3.05) is 6.54 Å². The minimum absolute atomic E-state index is 0.133. The number of aliphatic hydroxyl groups is 2. The minimum Gasteiger partial charge on any atom is -0.466 e. The Balaban J connectivity index is 1.64. The highest BCUT2D eigenvalue weighted by Crippen LogP contribution is 2.35. The van der Waals surface area contributed by atoms with Crippen molar-refractivity contribution in [3.8, 4) is 0 Å². The molecule has 4 nitrogen and oxygen atoms in total. The maximum atomic E-state index is 11.2. The van der Waals surface area contributed by atoms with E-state index in [4.69, 9.17) is 4.42 Å². The molecule has 0 spiro atoms. The minimum atomic E-state index is -1.16. The van der Waals surface area contributed by atoms with Crippen molar-refractivity contribution in [1.29, 1.82) is 0 Å². The zero-order chi connectivity index (χ0) is 17.7. The zero-order valence-electron chi connectivity index (χ0n) is 14.1. The average Bonchev–Trinajstić information content (AvgIpc) is 3.35. The second-order valence-electron chi connectivity index (χ2n) is 6.16. The number of benzene rings is 1. The van der Waals surface area contributed by atoms with Crippen LogP contribution in [0.25, 0.3) is 0 Å². The lowest BCUT2D eigenvalue weighted by molar-refractivity contribution is 0.0481. The van der Waals surface area contributed by atoms with E-state index in [2.05, 4.69) is 5.32 Å². The number of hydrogen-bond donors (Lipinski definition) is 3. The van der Waals surface area contributed by atoms with E-state index in [0.29, 0.717) is 18.7 Å². The SMILES string of the molecule is CC(NCCC(O)(c1ccco1)c1cccs1)C(O)c1ccccc1. The molecule has 2 heterocycles. The largest absolute Gasteiger partial charge is 0.466 e. The van der Waals surface area contributed by atoms with Crippen LogP contribution in [0, 0.1) is 0 Å². The van der Waals surface area contributed by atoms with E-state index in [1.807, 2.05) is 54.8 Å². The van der Waals surface area contributed by atoms with Gasteiger partial charge in [-0.3, -0.25) is 0 Å². The molecule has 0 saturated carbocycles. The molecule has 0 aliphatic heterocycles. The Labute approximate surface area is 151 Å². The Kier molecular flexibility index (Phi) is 5.71. The molecule has 2 aromatic heterocycles. The number of nitrogens with one attached hydrogen (secondary N) is 1. The predicted molar refractivity (Wildman–Crippen MR) is 99.5 cm³/mol. The summed E-state index contributed by atoms with van der Waals surface area (Å²) in [5.41, 5.74) is -0.288. The first kappa shape index (κ1) is 17.9. The predicted octanol–water partition coefficient (Wildman–Crippen LogP) is 3.68. The van der Waals surface area contributed by atoms with Gasteiger partial charge < -0.3 is 19.9 Å². The molecule has 5 heteroatoms. The number of thiophene rings is 1. The van der Waals surface area contributed by atoms with Crippen LogP contribution in [0.3, 0.4) is 0 Å². The van der Waals surface area contributed by atoms with Gasteiger partial charge in [0, 0.05) is 17.3 Å². The summed E-state index contributed by atoms with van der Waals surface area (Å²) in [7, 11) is 0. The normalized spacial score (nSPS) is 16.3. The van der Waals surface area contributed by atoms with Gasteiger partial charge >= 0.3 is 0 Å². The van der Waals surface area contributed by atoms with Crippen molar-refractivity contribution < 1.29 is 14.6 Å². The molecule has 0 bridgehead atoms. The summed E-state index contributed by atoms with van der Waals surface area (Å²) in [5.74, 6) is 0.535. The van der Waals surface area contributed by atoms with Crippen molar-refractivity contribution in [2.45, 2.75) is 31.1 Å². The molecule has 3 rings (SSSR count). The van der Waals surface area contributed by atoms with E-state index < -0.39 is 11.7 Å². The summed E-state index contributed by atoms with van der Waals surface area (Å²) in [6.45, 7) is 2.48. The first-order chi connectivity index (χ1) is 12.1. The van der Waals surface area contributed by atoms with Crippen molar-refractivity contribution in [1.82, 2.24) is 5.32 Å². The molecule has 3 aromatic rings. The molecule has 0 radical (unpaired) electrons. The van der Waals surface area contributed by atoms with Crippen molar-refractivity contribution in [3.63, 3.8) is 0 Å². The molecular weight excluding hydrogens is 334 g/mol. The number of hydrogen-bond acceptors (Lipinski definition) is 5. The van der Waals surface area contributed by atoms with E-state index >= 15 is 0 Å². The maximum Gasteiger partial charge on any atom is 0.157 e. The zero-order valence-corrected chi connectivity index (χ0v) is 14.9. The van der Waals surface area contributed by atoms with Gasteiger partial charge in [0.1, 0.15) is 5.76 Å². The van der Waals surface area contributed by atoms with Gasteiger partial charge in [-0.1, -0.05) is 36.4 Å². The van der Waals surface area contributed by atoms with E-state index in [0.717, 1.165) is 10.4 Å². The topological polar surface area (TPSA) is 65.6 Å². The molecule has 3 atom stereocenters. The monoisotopic (exact) mass is 357 g/mol. The third-order valence-electron chi connectivity index (χ3n) is 4.43. The van der Waals surface area contributed by atoms with Gasteiger partial charge in [0.25, 0.3) is 0 Å². The first-order valence-corrected chi connectivity index (χ1v) is 9.26. The first-order valence-electron chi connectivity index (χ1n) is 8.38. The Hall–Kier alpha value is -1.92. The van der Waals surface area contributed by atoms with Gasteiger partial charge in [0.15, 0.2) is 5.60 Å². The Bertz CT molecular complexity index is 706. The van der Waals surface area contributed by atoms with Crippen molar-refractivity contribution >= 4 is 11.3 Å². The number of furan rings is 1. The molecule has 1 aromatic carbocycles. The second kappa shape index (κ2) is 7.97. The second-order valence-corrected chi connectivity index (χ2v) is 7.11. The molecule has 132 valence electrons. The molecule has 0 amide bonds. The van der Waals surface area contributed by atoms with Crippen LogP contribution >= 0.6 is 11.3 Å². The van der Waals surface area contributed by atoms with E-state index in [1.165, 1.54) is 11.3 Å². The Morgan fingerprint density at radius 1 is 1.12 bits per heavy atom. The van der Waals surface area contributed by atoms with Crippen LogP contribution in [0.1, 0.15) is 35.6 Å². The van der Waals surface area contributed by atoms with Crippen molar-refractivity contribution in [3.05, 3.63) is 82.4 Å². The molecule has 0 saturated heterocycles. The molecular formula is C20H23NO3S. The van der Waals surface area contributed by atoms with Crippen LogP contribution in [0.15, 0.2) is 70.7 Å². The average molecular weight is 357 g/mol. The lowest BCUT2D eigenvalue weighted by atomic mass is 9.94. The Morgan fingerprint density at radius 2 is 1.92 bits per heavy atom. The standard InChI is InChI=1S/C20H23NO3S/c1-15(19(22)16-7-3-2-4-8-16)21-12-11-20(23,17-9-5-13-24-17)18-10-6-14-25-18/h2-10,13-15,19,21-23H,11-12H2,1H3. The smallest absolute Gasteiger partial charge is 0.157 e. The van der Waals surface area contributed by atoms with Crippen LogP contribution in [0.4, 0.5) is 0 Å². The van der Waals surface area contributed by atoms with E-state index in [9.17, 15) is 10.2 Å². The molecule has 3 N–H and O–H groups in total. The van der Waals surface area contributed by atoms with Gasteiger partial charge in [-0.2, -0.15) is 0 Å². The van der Waals surface area contributed by atoms with Crippen LogP contribution in [-0.4, -0.2) is 22.8 Å². The summed E-state index contributed by atoms with van der Waals surface area (Å²) in [6, 6.07) is 16.9. The van der Waals surface area contributed by atoms with Gasteiger partial charge in [0.2, 0.25) is 0 Å². The lowest BCUT2D eigenvalue weighted by Gasteiger charge is -2.27. The summed E-state index contributed by atoms with van der Waals surface area (Å²) >= 11 is 1.50. The molecule has 25 heavy (non-hydrogen) atoms. The summed E-state index contributed by atoms with van der Waals surface area (Å²) in [6.07, 6.45) is 1.43. The highest BCUT2D eigenvalue weighted by atomic mass is 32.1. The fraction of sp³-hybridized carbons (Fsp3) is 0.300. The summed E-state index contributed by atoms with van der Waals surface area (Å²) in [4.78, 5) is 0.848. The van der Waals surface area contributed by atoms with Gasteiger partial charge in [-0.15, -0.1) is 11.3 Å². The van der Waals surface area contributed by atoms with Gasteiger partial charge in [-0.25, -0.2) is 0 Å². The van der Waals surface area contributed by atoms with Crippen LogP contribution in [-0.2, 0) is 5.60 Å². The van der Waals surface area contributed by atoms with Crippen LogP contribution < -0.4 is 5.32 Å².